The van der Waals surface area contributed by atoms with Crippen LogP contribution in [0.2, 0.25) is 0 Å². The Hall–Kier alpha value is -2.16. The number of benzene rings is 2. The van der Waals surface area contributed by atoms with Crippen molar-refractivity contribution in [2.45, 2.75) is 18.8 Å². The Morgan fingerprint density at radius 2 is 1.79 bits per heavy atom. The van der Waals surface area contributed by atoms with Crippen molar-refractivity contribution < 1.29 is 9.18 Å². The first-order valence-electron chi connectivity index (χ1n) is 6.38. The maximum atomic E-state index is 12.9. The van der Waals surface area contributed by atoms with Gasteiger partial charge in [0, 0.05) is 5.69 Å². The van der Waals surface area contributed by atoms with Gasteiger partial charge in [0.05, 0.1) is 5.92 Å². The molecule has 2 aromatic carbocycles. The largest absolute Gasteiger partial charge is 0.325 e. The van der Waals surface area contributed by atoms with E-state index in [1.54, 1.807) is 12.1 Å². The molecule has 0 saturated heterocycles. The molecule has 0 bridgehead atoms. The van der Waals surface area contributed by atoms with Crippen LogP contribution in [0, 0.1) is 5.82 Å². The molecule has 0 aromatic heterocycles. The van der Waals surface area contributed by atoms with E-state index in [9.17, 15) is 9.18 Å². The van der Waals surface area contributed by atoms with E-state index in [1.165, 1.54) is 12.1 Å². The van der Waals surface area contributed by atoms with Gasteiger partial charge in [0.15, 0.2) is 0 Å². The van der Waals surface area contributed by atoms with E-state index in [4.69, 9.17) is 0 Å². The fourth-order valence-corrected chi connectivity index (χ4v) is 2.52. The van der Waals surface area contributed by atoms with Crippen LogP contribution >= 0.6 is 0 Å². The van der Waals surface area contributed by atoms with Gasteiger partial charge < -0.3 is 5.32 Å². The zero-order valence-electron chi connectivity index (χ0n) is 10.4. The second-order valence-electron chi connectivity index (χ2n) is 4.79. The number of fused-ring (bicyclic) bond motifs is 1. The Balaban J connectivity index is 1.90. The molecule has 0 radical (unpaired) electrons. The molecule has 3 rings (SSSR count). The van der Waals surface area contributed by atoms with E-state index in [0.29, 0.717) is 0 Å². The van der Waals surface area contributed by atoms with Gasteiger partial charge in [-0.1, -0.05) is 30.3 Å². The van der Waals surface area contributed by atoms with Gasteiger partial charge in [-0.3, -0.25) is 4.79 Å². The monoisotopic (exact) mass is 255 g/mol. The fraction of sp³-hybridized carbons (Fsp3) is 0.188. The number of hydrogen-bond donors (Lipinski definition) is 1. The zero-order valence-corrected chi connectivity index (χ0v) is 10.4. The zero-order chi connectivity index (χ0) is 13.2. The lowest BCUT2D eigenvalue weighted by Crippen LogP contribution is -2.19. The van der Waals surface area contributed by atoms with Gasteiger partial charge in [-0.25, -0.2) is 4.39 Å². The Bertz CT molecular complexity index is 606. The van der Waals surface area contributed by atoms with Crippen molar-refractivity contribution in [1.82, 2.24) is 0 Å². The lowest BCUT2D eigenvalue weighted by Gasteiger charge is -2.13. The maximum absolute atomic E-state index is 12.9. The average molecular weight is 255 g/mol. The van der Waals surface area contributed by atoms with E-state index >= 15 is 0 Å². The number of amides is 1. The summed E-state index contributed by atoms with van der Waals surface area (Å²) in [6.45, 7) is 0. The summed E-state index contributed by atoms with van der Waals surface area (Å²) in [6.07, 6.45) is 1.59. The summed E-state index contributed by atoms with van der Waals surface area (Å²) in [5.74, 6) is -0.509. The first-order chi connectivity index (χ1) is 9.24. The SMILES string of the molecule is O=C1Nc2ccccc2CC[C@@H]1c1ccc(F)cc1. The molecule has 2 nitrogen and oxygen atoms in total. The molecule has 0 fully saturated rings. The molecule has 1 aliphatic heterocycles. The molecular weight excluding hydrogens is 241 g/mol. The van der Waals surface area contributed by atoms with Crippen LogP contribution in [0.1, 0.15) is 23.5 Å². The molecule has 0 aliphatic carbocycles. The molecule has 1 aliphatic rings. The number of anilines is 1. The third kappa shape index (κ3) is 2.36. The number of para-hydroxylation sites is 1. The van der Waals surface area contributed by atoms with Crippen molar-refractivity contribution in [3.63, 3.8) is 0 Å². The minimum absolute atomic E-state index is 0.0171. The number of nitrogens with one attached hydrogen (secondary N) is 1. The molecule has 96 valence electrons. The standard InChI is InChI=1S/C16H14FNO/c17-13-8-5-11(6-9-13)14-10-7-12-3-1-2-4-15(12)18-16(14)19/h1-6,8-9,14H,7,10H2,(H,18,19)/t14-/m1/s1. The highest BCUT2D eigenvalue weighted by molar-refractivity contribution is 5.97. The molecule has 0 spiro atoms. The van der Waals surface area contributed by atoms with Gasteiger partial charge in [-0.15, -0.1) is 0 Å². The van der Waals surface area contributed by atoms with E-state index in [-0.39, 0.29) is 17.6 Å². The summed E-state index contributed by atoms with van der Waals surface area (Å²) < 4.78 is 12.9. The smallest absolute Gasteiger partial charge is 0.231 e. The second kappa shape index (κ2) is 4.84. The second-order valence-corrected chi connectivity index (χ2v) is 4.79. The molecule has 2 aromatic rings. The molecule has 3 heteroatoms. The number of carbonyl (C=O) groups excluding carboxylic acids is 1. The lowest BCUT2D eigenvalue weighted by atomic mass is 9.93. The number of aryl methyl sites for hydroxylation is 1. The van der Waals surface area contributed by atoms with Crippen LogP contribution < -0.4 is 5.32 Å². The minimum atomic E-state index is -0.277. The third-order valence-electron chi connectivity index (χ3n) is 3.57. The maximum Gasteiger partial charge on any atom is 0.231 e. The number of carbonyl (C=O) groups is 1. The molecule has 1 N–H and O–H groups in total. The first-order valence-corrected chi connectivity index (χ1v) is 6.38. The Morgan fingerprint density at radius 1 is 1.05 bits per heavy atom. The molecule has 19 heavy (non-hydrogen) atoms. The van der Waals surface area contributed by atoms with Gasteiger partial charge in [-0.2, -0.15) is 0 Å². The van der Waals surface area contributed by atoms with E-state index < -0.39 is 0 Å². The van der Waals surface area contributed by atoms with Gasteiger partial charge in [0.1, 0.15) is 5.82 Å². The van der Waals surface area contributed by atoms with Crippen molar-refractivity contribution in [1.29, 1.82) is 0 Å². The number of halogens is 1. The van der Waals surface area contributed by atoms with Crippen LogP contribution in [0.4, 0.5) is 10.1 Å². The topological polar surface area (TPSA) is 29.1 Å². The molecule has 0 saturated carbocycles. The van der Waals surface area contributed by atoms with Gasteiger partial charge in [0.25, 0.3) is 0 Å². The van der Waals surface area contributed by atoms with E-state index in [1.807, 2.05) is 24.3 Å². The van der Waals surface area contributed by atoms with Crippen molar-refractivity contribution in [2.24, 2.45) is 0 Å². The Kier molecular flexibility index (Phi) is 3.03. The van der Waals surface area contributed by atoms with Crippen molar-refractivity contribution in [2.75, 3.05) is 5.32 Å². The third-order valence-corrected chi connectivity index (χ3v) is 3.57. The molecular formula is C16H14FNO. The molecule has 1 heterocycles. The average Bonchev–Trinajstić information content (AvgIpc) is 2.58. The Labute approximate surface area is 111 Å². The van der Waals surface area contributed by atoms with Gasteiger partial charge in [-0.05, 0) is 42.2 Å². The molecule has 1 amide bonds. The van der Waals surface area contributed by atoms with Crippen molar-refractivity contribution >= 4 is 11.6 Å². The summed E-state index contributed by atoms with van der Waals surface area (Å²) in [4.78, 5) is 12.3. The van der Waals surface area contributed by atoms with Crippen LogP contribution in [0.25, 0.3) is 0 Å². The lowest BCUT2D eigenvalue weighted by molar-refractivity contribution is -0.117. The summed E-state index contributed by atoms with van der Waals surface area (Å²) >= 11 is 0. The van der Waals surface area contributed by atoms with Gasteiger partial charge in [0.2, 0.25) is 5.91 Å². The van der Waals surface area contributed by atoms with Crippen molar-refractivity contribution in [3.8, 4) is 0 Å². The van der Waals surface area contributed by atoms with Crippen LogP contribution in [0.15, 0.2) is 48.5 Å². The summed E-state index contributed by atoms with van der Waals surface area (Å²) in [7, 11) is 0. The molecule has 1 atom stereocenters. The Morgan fingerprint density at radius 3 is 2.58 bits per heavy atom. The normalized spacial score (nSPS) is 18.4. The van der Waals surface area contributed by atoms with Crippen LogP contribution in [-0.2, 0) is 11.2 Å². The number of hydrogen-bond acceptors (Lipinski definition) is 1. The predicted molar refractivity (Wildman–Crippen MR) is 72.5 cm³/mol. The summed E-state index contributed by atoms with van der Waals surface area (Å²) in [6, 6.07) is 14.0. The summed E-state index contributed by atoms with van der Waals surface area (Å²) in [5, 5.41) is 2.95. The summed E-state index contributed by atoms with van der Waals surface area (Å²) in [5.41, 5.74) is 2.91. The quantitative estimate of drug-likeness (QED) is 0.830. The van der Waals surface area contributed by atoms with Gasteiger partial charge >= 0.3 is 0 Å². The molecule has 0 unspecified atom stereocenters. The van der Waals surface area contributed by atoms with Crippen molar-refractivity contribution in [3.05, 3.63) is 65.5 Å². The number of rotatable bonds is 1. The van der Waals surface area contributed by atoms with Crippen LogP contribution in [-0.4, -0.2) is 5.91 Å². The highest BCUT2D eigenvalue weighted by Crippen LogP contribution is 2.30. The van der Waals surface area contributed by atoms with E-state index in [0.717, 1.165) is 29.7 Å². The fourth-order valence-electron chi connectivity index (χ4n) is 2.52. The predicted octanol–water partition coefficient (Wildman–Crippen LogP) is 3.49. The highest BCUT2D eigenvalue weighted by atomic mass is 19.1. The van der Waals surface area contributed by atoms with Crippen LogP contribution in [0.5, 0.6) is 0 Å². The minimum Gasteiger partial charge on any atom is -0.325 e. The highest BCUT2D eigenvalue weighted by Gasteiger charge is 2.24. The first kappa shape index (κ1) is 11.9. The van der Waals surface area contributed by atoms with E-state index in [2.05, 4.69) is 5.32 Å². The van der Waals surface area contributed by atoms with Crippen LogP contribution in [0.3, 0.4) is 0 Å².